The van der Waals surface area contributed by atoms with Gasteiger partial charge in [0.25, 0.3) is 0 Å². The molecule has 0 bridgehead atoms. The van der Waals surface area contributed by atoms with Crippen molar-refractivity contribution >= 4 is 17.4 Å². The van der Waals surface area contributed by atoms with Crippen LogP contribution >= 0.6 is 0 Å². The van der Waals surface area contributed by atoms with Crippen molar-refractivity contribution in [2.75, 3.05) is 37.4 Å². The molecule has 3 rings (SSSR count). The maximum Gasteiger partial charge on any atom is 0.320 e. The molecule has 0 aromatic heterocycles. The van der Waals surface area contributed by atoms with Gasteiger partial charge < -0.3 is 25.6 Å². The molecule has 1 aliphatic heterocycles. The van der Waals surface area contributed by atoms with Crippen molar-refractivity contribution in [2.24, 2.45) is 0 Å². The number of piperazine rings is 1. The zero-order chi connectivity index (χ0) is 20.8. The van der Waals surface area contributed by atoms with Gasteiger partial charge in [-0.15, -0.1) is 0 Å². The molecule has 0 aliphatic carbocycles. The summed E-state index contributed by atoms with van der Waals surface area (Å²) in [6.07, 6.45) is -0.103. The molecule has 0 spiro atoms. The van der Waals surface area contributed by atoms with Gasteiger partial charge in [-0.2, -0.15) is 0 Å². The number of aryl methyl sites for hydroxylation is 1. The van der Waals surface area contributed by atoms with Crippen molar-refractivity contribution in [3.05, 3.63) is 53.6 Å². The van der Waals surface area contributed by atoms with Crippen LogP contribution in [0.4, 0.5) is 16.2 Å². The quantitative estimate of drug-likeness (QED) is 0.603. The van der Waals surface area contributed by atoms with E-state index < -0.39 is 0 Å². The summed E-state index contributed by atoms with van der Waals surface area (Å²) in [5, 5.41) is 12.5. The average molecular weight is 398 g/mol. The lowest BCUT2D eigenvalue weighted by atomic mass is 10.2. The van der Waals surface area contributed by atoms with Crippen molar-refractivity contribution in [2.45, 2.75) is 32.7 Å². The number of benzene rings is 2. The lowest BCUT2D eigenvalue weighted by Gasteiger charge is -2.29. The minimum absolute atomic E-state index is 0.103. The highest BCUT2D eigenvalue weighted by atomic mass is 16.5. The molecule has 0 saturated carbocycles. The van der Waals surface area contributed by atoms with Crippen molar-refractivity contribution in [1.82, 2.24) is 16.0 Å². The van der Waals surface area contributed by atoms with Crippen LogP contribution < -0.4 is 30.9 Å². The van der Waals surface area contributed by atoms with Crippen LogP contribution in [0.1, 0.15) is 18.1 Å². The predicted octanol–water partition coefficient (Wildman–Crippen LogP) is 2.67. The maximum absolute atomic E-state index is 12.5. The third-order valence-electron chi connectivity index (χ3n) is 4.85. The van der Waals surface area contributed by atoms with Gasteiger partial charge in [-0.05, 0) is 49.2 Å². The van der Waals surface area contributed by atoms with Crippen LogP contribution in [-0.2, 0) is 6.61 Å². The van der Waals surface area contributed by atoms with E-state index in [1.807, 2.05) is 51.4 Å². The molecule has 1 fully saturated rings. The average Bonchev–Trinajstić information content (AvgIpc) is 2.69. The van der Waals surface area contributed by atoms with Gasteiger partial charge in [0.15, 0.2) is 0 Å². The summed E-state index contributed by atoms with van der Waals surface area (Å²) in [5.74, 6) is 0.643. The number of hydrogen-bond donors (Lipinski definition) is 4. The first-order valence-electron chi connectivity index (χ1n) is 9.94. The number of nitrogens with one attached hydrogen (secondary N) is 4. The fourth-order valence-corrected chi connectivity index (χ4v) is 3.15. The van der Waals surface area contributed by atoms with E-state index in [9.17, 15) is 4.79 Å². The lowest BCUT2D eigenvalue weighted by Crippen LogP contribution is -2.60. The van der Waals surface area contributed by atoms with E-state index in [2.05, 4.69) is 45.2 Å². The molecule has 2 amide bonds. The molecule has 2 aromatic carbocycles. The van der Waals surface area contributed by atoms with E-state index in [4.69, 9.17) is 4.74 Å². The molecule has 2 atom stereocenters. The standard InChI is InChI=1S/C22H31N5O2/c1-15-8-9-20(29-14-17-6-5-7-18(11-17)27(3)4)19(10-15)25-22(28)26-21-13-23-16(2)12-24-21/h5-11,16,21,23-24H,12-14H2,1-4H3,(H2,25,26,28). The zero-order valence-corrected chi connectivity index (χ0v) is 17.6. The largest absolute Gasteiger partial charge is 0.487 e. The Hall–Kier alpha value is -2.77. The minimum Gasteiger partial charge on any atom is -0.487 e. The SMILES string of the molecule is Cc1ccc(OCc2cccc(N(C)C)c2)c(NC(=O)NC2CNC(C)CN2)c1. The van der Waals surface area contributed by atoms with Crippen molar-refractivity contribution in [1.29, 1.82) is 0 Å². The second kappa shape index (κ2) is 9.62. The van der Waals surface area contributed by atoms with Gasteiger partial charge in [-0.1, -0.05) is 18.2 Å². The van der Waals surface area contributed by atoms with Crippen molar-refractivity contribution < 1.29 is 9.53 Å². The summed E-state index contributed by atoms with van der Waals surface area (Å²) in [4.78, 5) is 14.5. The van der Waals surface area contributed by atoms with Crippen LogP contribution in [0, 0.1) is 6.92 Å². The molecule has 1 aliphatic rings. The number of hydrogen-bond acceptors (Lipinski definition) is 5. The molecule has 0 radical (unpaired) electrons. The van der Waals surface area contributed by atoms with Gasteiger partial charge in [0.2, 0.25) is 0 Å². The summed E-state index contributed by atoms with van der Waals surface area (Å²) >= 11 is 0. The summed E-state index contributed by atoms with van der Waals surface area (Å²) < 4.78 is 6.03. The van der Waals surface area contributed by atoms with Gasteiger partial charge >= 0.3 is 6.03 Å². The first-order chi connectivity index (χ1) is 13.9. The molecule has 2 unspecified atom stereocenters. The number of nitrogens with zero attached hydrogens (tertiary/aromatic N) is 1. The second-order valence-corrected chi connectivity index (χ2v) is 7.72. The lowest BCUT2D eigenvalue weighted by molar-refractivity contribution is 0.239. The molecule has 156 valence electrons. The second-order valence-electron chi connectivity index (χ2n) is 7.72. The number of ether oxygens (including phenoxy) is 1. The van der Waals surface area contributed by atoms with Crippen LogP contribution in [0.5, 0.6) is 5.75 Å². The van der Waals surface area contributed by atoms with Crippen LogP contribution in [0.15, 0.2) is 42.5 Å². The van der Waals surface area contributed by atoms with Crippen LogP contribution in [0.25, 0.3) is 0 Å². The van der Waals surface area contributed by atoms with Crippen molar-refractivity contribution in [3.8, 4) is 5.75 Å². The highest BCUT2D eigenvalue weighted by Crippen LogP contribution is 2.27. The van der Waals surface area contributed by atoms with Gasteiger partial charge in [0.05, 0.1) is 11.9 Å². The van der Waals surface area contributed by atoms with Gasteiger partial charge in [0, 0.05) is 38.9 Å². The van der Waals surface area contributed by atoms with Crippen molar-refractivity contribution in [3.63, 3.8) is 0 Å². The normalized spacial score (nSPS) is 18.8. The summed E-state index contributed by atoms with van der Waals surface area (Å²) in [6.45, 7) is 6.02. The molecule has 4 N–H and O–H groups in total. The summed E-state index contributed by atoms with van der Waals surface area (Å²) in [7, 11) is 4.02. The van der Waals surface area contributed by atoms with E-state index in [1.165, 1.54) is 0 Å². The summed E-state index contributed by atoms with van der Waals surface area (Å²) in [6, 6.07) is 14.1. The molecule has 7 nitrogen and oxygen atoms in total. The fraction of sp³-hybridized carbons (Fsp3) is 0.409. The Balaban J connectivity index is 1.63. The van der Waals surface area contributed by atoms with E-state index in [0.29, 0.717) is 30.6 Å². The first-order valence-corrected chi connectivity index (χ1v) is 9.94. The minimum atomic E-state index is -0.260. The Kier molecular flexibility index (Phi) is 6.95. The highest BCUT2D eigenvalue weighted by molar-refractivity contribution is 5.91. The molecule has 7 heteroatoms. The Morgan fingerprint density at radius 3 is 2.72 bits per heavy atom. The third kappa shape index (κ3) is 6.10. The predicted molar refractivity (Wildman–Crippen MR) is 118 cm³/mol. The Morgan fingerprint density at radius 1 is 1.17 bits per heavy atom. The van der Waals surface area contributed by atoms with Gasteiger partial charge in [-0.3, -0.25) is 5.32 Å². The number of amides is 2. The maximum atomic E-state index is 12.5. The Bertz CT molecular complexity index is 832. The van der Waals surface area contributed by atoms with E-state index in [0.717, 1.165) is 23.4 Å². The smallest absolute Gasteiger partial charge is 0.320 e. The van der Waals surface area contributed by atoms with Crippen LogP contribution in [0.3, 0.4) is 0 Å². The fourth-order valence-electron chi connectivity index (χ4n) is 3.15. The van der Waals surface area contributed by atoms with Gasteiger partial charge in [0.1, 0.15) is 12.4 Å². The summed E-state index contributed by atoms with van der Waals surface area (Å²) in [5.41, 5.74) is 3.89. The van der Waals surface area contributed by atoms with Gasteiger partial charge in [-0.25, -0.2) is 4.79 Å². The number of rotatable bonds is 6. The zero-order valence-electron chi connectivity index (χ0n) is 17.6. The number of anilines is 2. The number of carbonyl (C=O) groups is 1. The van der Waals surface area contributed by atoms with E-state index >= 15 is 0 Å². The third-order valence-corrected chi connectivity index (χ3v) is 4.85. The topological polar surface area (TPSA) is 77.7 Å². The highest BCUT2D eigenvalue weighted by Gasteiger charge is 2.19. The van der Waals surface area contributed by atoms with E-state index in [-0.39, 0.29) is 12.2 Å². The molecular formula is C22H31N5O2. The number of carbonyl (C=O) groups excluding carboxylic acids is 1. The van der Waals surface area contributed by atoms with E-state index in [1.54, 1.807) is 0 Å². The molecule has 1 saturated heterocycles. The first kappa shape index (κ1) is 21.0. The van der Waals surface area contributed by atoms with Crippen LogP contribution in [0.2, 0.25) is 0 Å². The monoisotopic (exact) mass is 397 g/mol. The van der Waals surface area contributed by atoms with Crippen LogP contribution in [-0.4, -0.2) is 45.4 Å². The number of urea groups is 1. The Morgan fingerprint density at radius 2 is 2.00 bits per heavy atom. The molecular weight excluding hydrogens is 366 g/mol. The molecule has 29 heavy (non-hydrogen) atoms. The Labute approximate surface area is 172 Å². The molecule has 1 heterocycles. The molecule has 2 aromatic rings.